The van der Waals surface area contributed by atoms with E-state index in [9.17, 15) is 9.18 Å². The second kappa shape index (κ2) is 12.9. The van der Waals surface area contributed by atoms with E-state index in [2.05, 4.69) is 25.9 Å². The van der Waals surface area contributed by atoms with E-state index in [4.69, 9.17) is 23.7 Å². The van der Waals surface area contributed by atoms with Gasteiger partial charge in [0.2, 0.25) is 12.0 Å². The first kappa shape index (κ1) is 28.3. The Morgan fingerprint density at radius 1 is 1.20 bits per heavy atom. The molecule has 1 aliphatic rings. The summed E-state index contributed by atoms with van der Waals surface area (Å²) in [5.41, 5.74) is 1.51. The van der Waals surface area contributed by atoms with Crippen LogP contribution in [0, 0.1) is 5.82 Å². The summed E-state index contributed by atoms with van der Waals surface area (Å²) in [4.78, 5) is 23.3. The van der Waals surface area contributed by atoms with Crippen LogP contribution in [0.2, 0.25) is 0 Å². The second-order valence-corrected chi connectivity index (χ2v) is 10.8. The number of hydrogen-bond donors (Lipinski definition) is 0. The fourth-order valence-corrected chi connectivity index (χ4v) is 6.41. The Kier molecular flexibility index (Phi) is 9.13. The van der Waals surface area contributed by atoms with E-state index in [1.165, 1.54) is 30.8 Å². The Bertz CT molecular complexity index is 1490. The normalized spacial score (nSPS) is 15.9. The van der Waals surface area contributed by atoms with Gasteiger partial charge in [-0.15, -0.1) is 11.3 Å². The molecule has 1 unspecified atom stereocenters. The number of carbonyl (C=O) groups is 1. The lowest BCUT2D eigenvalue weighted by Gasteiger charge is -2.25. The summed E-state index contributed by atoms with van der Waals surface area (Å²) < 4.78 is 43.4. The third-order valence-corrected chi connectivity index (χ3v) is 8.59. The molecule has 0 radical (unpaired) electrons. The van der Waals surface area contributed by atoms with Gasteiger partial charge >= 0.3 is 5.97 Å². The molecule has 1 aliphatic heterocycles. The minimum atomic E-state index is -1.00. The van der Waals surface area contributed by atoms with Gasteiger partial charge in [-0.2, -0.15) is 0 Å². The van der Waals surface area contributed by atoms with Crippen molar-refractivity contribution in [3.05, 3.63) is 64.6 Å². The first-order valence-electron chi connectivity index (χ1n) is 12.9. The van der Waals surface area contributed by atoms with Crippen LogP contribution in [-0.2, 0) is 20.7 Å². The van der Waals surface area contributed by atoms with Gasteiger partial charge in [-0.1, -0.05) is 24.3 Å². The average molecular weight is 632 g/mol. The topological polar surface area (TPSA) is 89.0 Å². The standard InChI is InChI=1S/C29H28BrFN2O6S/c1-3-36-29(34)22(14-17-8-4-5-9-20(17)38-23-10-6-7-13-37-23)39-27-24-25(30)26(40-28(24)33-16-32-27)18-11-12-19(31)21(15-18)35-2/h4-5,8-9,11-12,15-16,22-23H,3,6-7,10,13-14H2,1-2H3/t22-,23?/m1/s1. The number of halogens is 2. The summed E-state index contributed by atoms with van der Waals surface area (Å²) >= 11 is 5.04. The molecular weight excluding hydrogens is 603 g/mol. The van der Waals surface area contributed by atoms with E-state index in [0.717, 1.165) is 35.3 Å². The van der Waals surface area contributed by atoms with E-state index in [1.807, 2.05) is 24.3 Å². The summed E-state index contributed by atoms with van der Waals surface area (Å²) in [6.07, 6.45) is 3.10. The number of ether oxygens (including phenoxy) is 5. The van der Waals surface area contributed by atoms with Crippen molar-refractivity contribution in [3.63, 3.8) is 0 Å². The Balaban J connectivity index is 1.47. The first-order valence-corrected chi connectivity index (χ1v) is 14.6. The quantitative estimate of drug-likeness (QED) is 0.178. The van der Waals surface area contributed by atoms with Gasteiger partial charge in [-0.3, -0.25) is 0 Å². The molecule has 4 aromatic rings. The fourth-order valence-electron chi connectivity index (χ4n) is 4.43. The molecule has 8 nitrogen and oxygen atoms in total. The second-order valence-electron chi connectivity index (χ2n) is 9.04. The highest BCUT2D eigenvalue weighted by atomic mass is 79.9. The van der Waals surface area contributed by atoms with E-state index in [1.54, 1.807) is 19.1 Å². The molecule has 3 heterocycles. The van der Waals surface area contributed by atoms with Crippen molar-refractivity contribution in [2.24, 2.45) is 0 Å². The molecule has 11 heteroatoms. The van der Waals surface area contributed by atoms with Crippen molar-refractivity contribution in [3.8, 4) is 27.8 Å². The van der Waals surface area contributed by atoms with E-state index in [-0.39, 0.29) is 30.9 Å². The highest BCUT2D eigenvalue weighted by Crippen LogP contribution is 2.45. The van der Waals surface area contributed by atoms with Crippen molar-refractivity contribution < 1.29 is 32.9 Å². The van der Waals surface area contributed by atoms with Gasteiger partial charge in [-0.25, -0.2) is 19.2 Å². The Labute approximate surface area is 243 Å². The number of fused-ring (bicyclic) bond motifs is 1. The van der Waals surface area contributed by atoms with Crippen molar-refractivity contribution >= 4 is 43.5 Å². The van der Waals surface area contributed by atoms with Crippen LogP contribution in [0.5, 0.6) is 17.4 Å². The molecule has 0 N–H and O–H groups in total. The van der Waals surface area contributed by atoms with Crippen LogP contribution in [0.25, 0.3) is 20.7 Å². The van der Waals surface area contributed by atoms with Crippen molar-refractivity contribution in [2.45, 2.75) is 45.0 Å². The SMILES string of the molecule is CCOC(=O)[C@@H](Cc1ccccc1OC1CCCCO1)Oc1ncnc2sc(-c3ccc(F)c(OC)c3)c(Br)c12. The predicted octanol–water partition coefficient (Wildman–Crippen LogP) is 6.73. The number of nitrogens with zero attached hydrogens (tertiary/aromatic N) is 2. The van der Waals surface area contributed by atoms with Gasteiger partial charge in [0.15, 0.2) is 17.9 Å². The molecule has 0 saturated carbocycles. The molecule has 0 bridgehead atoms. The summed E-state index contributed by atoms with van der Waals surface area (Å²) in [6.45, 7) is 2.60. The van der Waals surface area contributed by atoms with Crippen LogP contribution >= 0.6 is 27.3 Å². The molecule has 1 fully saturated rings. The highest BCUT2D eigenvalue weighted by Gasteiger charge is 2.28. The minimum Gasteiger partial charge on any atom is -0.494 e. The van der Waals surface area contributed by atoms with E-state index in [0.29, 0.717) is 27.0 Å². The smallest absolute Gasteiger partial charge is 0.347 e. The molecule has 40 heavy (non-hydrogen) atoms. The molecule has 2 aromatic heterocycles. The van der Waals surface area contributed by atoms with Crippen molar-refractivity contribution in [2.75, 3.05) is 20.3 Å². The zero-order valence-corrected chi connectivity index (χ0v) is 24.4. The number of rotatable bonds is 10. The number of aromatic nitrogens is 2. The number of methoxy groups -OCH3 is 1. The van der Waals surface area contributed by atoms with Crippen LogP contribution in [0.1, 0.15) is 31.7 Å². The third kappa shape index (κ3) is 6.21. The van der Waals surface area contributed by atoms with Crippen molar-refractivity contribution in [1.82, 2.24) is 9.97 Å². The number of hydrogen-bond acceptors (Lipinski definition) is 9. The molecule has 0 amide bonds. The summed E-state index contributed by atoms with van der Waals surface area (Å²) in [5, 5.41) is 0.597. The number of para-hydroxylation sites is 1. The summed E-state index contributed by atoms with van der Waals surface area (Å²) in [5.74, 6) is 0.00734. The maximum Gasteiger partial charge on any atom is 0.347 e. The van der Waals surface area contributed by atoms with Crippen LogP contribution < -0.4 is 14.2 Å². The molecular formula is C29H28BrFN2O6S. The first-order chi connectivity index (χ1) is 19.5. The molecule has 0 aliphatic carbocycles. The zero-order valence-electron chi connectivity index (χ0n) is 22.0. The van der Waals surface area contributed by atoms with Crippen LogP contribution in [-0.4, -0.2) is 48.7 Å². The fraction of sp³-hybridized carbons (Fsp3) is 0.345. The lowest BCUT2D eigenvalue weighted by atomic mass is 10.1. The zero-order chi connectivity index (χ0) is 28.1. The van der Waals surface area contributed by atoms with Crippen molar-refractivity contribution in [1.29, 1.82) is 0 Å². The predicted molar refractivity (Wildman–Crippen MR) is 152 cm³/mol. The number of thiophene rings is 1. The summed E-state index contributed by atoms with van der Waals surface area (Å²) in [7, 11) is 1.42. The molecule has 1 saturated heterocycles. The van der Waals surface area contributed by atoms with E-state index < -0.39 is 17.9 Å². The van der Waals surface area contributed by atoms with E-state index >= 15 is 0 Å². The molecule has 0 spiro atoms. The molecule has 210 valence electrons. The molecule has 5 rings (SSSR count). The van der Waals surface area contributed by atoms with Crippen LogP contribution in [0.4, 0.5) is 4.39 Å². The van der Waals surface area contributed by atoms with Crippen LogP contribution in [0.3, 0.4) is 0 Å². The number of esters is 1. The van der Waals surface area contributed by atoms with Crippen LogP contribution in [0.15, 0.2) is 53.3 Å². The number of carbonyl (C=O) groups excluding carboxylic acids is 1. The Morgan fingerprint density at radius 3 is 2.83 bits per heavy atom. The lowest BCUT2D eigenvalue weighted by molar-refractivity contribution is -0.151. The molecule has 2 atom stereocenters. The number of benzene rings is 2. The maximum atomic E-state index is 14.0. The monoisotopic (exact) mass is 630 g/mol. The van der Waals surface area contributed by atoms with Gasteiger partial charge < -0.3 is 23.7 Å². The van der Waals surface area contributed by atoms with Gasteiger partial charge in [-0.05, 0) is 65.0 Å². The van der Waals surface area contributed by atoms with Gasteiger partial charge in [0.25, 0.3) is 0 Å². The lowest BCUT2D eigenvalue weighted by Crippen LogP contribution is -2.32. The highest BCUT2D eigenvalue weighted by molar-refractivity contribution is 9.10. The minimum absolute atomic E-state index is 0.131. The summed E-state index contributed by atoms with van der Waals surface area (Å²) in [6, 6.07) is 12.1. The molecule has 2 aromatic carbocycles. The van der Waals surface area contributed by atoms with Gasteiger partial charge in [0, 0.05) is 12.8 Å². The third-order valence-electron chi connectivity index (χ3n) is 6.39. The average Bonchev–Trinajstić information content (AvgIpc) is 3.31. The van der Waals surface area contributed by atoms with Gasteiger partial charge in [0.1, 0.15) is 16.9 Å². The Hall–Kier alpha value is -3.28. The Morgan fingerprint density at radius 2 is 2.05 bits per heavy atom. The largest absolute Gasteiger partial charge is 0.494 e. The van der Waals surface area contributed by atoms with Gasteiger partial charge in [0.05, 0.1) is 35.1 Å². The maximum absolute atomic E-state index is 14.0.